The van der Waals surface area contributed by atoms with E-state index in [2.05, 4.69) is 15.3 Å². The van der Waals surface area contributed by atoms with E-state index in [1.165, 1.54) is 30.3 Å². The average Bonchev–Trinajstić information content (AvgIpc) is 3.73. The molecule has 1 amide bonds. The Labute approximate surface area is 385 Å². The number of nitrogens with one attached hydrogen (secondary N) is 1. The number of benzene rings is 2. The number of fused-ring (bicyclic) bond motifs is 1. The van der Waals surface area contributed by atoms with Crippen molar-refractivity contribution in [1.29, 1.82) is 0 Å². The van der Waals surface area contributed by atoms with Gasteiger partial charge in [0.1, 0.15) is 30.8 Å². The average molecular weight is 964 g/mol. The number of hydrogen-bond acceptors (Lipinski definition) is 22. The van der Waals surface area contributed by atoms with Crippen molar-refractivity contribution in [3.05, 3.63) is 73.5 Å². The third-order valence-corrected chi connectivity index (χ3v) is 9.99. The minimum absolute atomic E-state index is 0.0228. The predicted octanol–water partition coefficient (Wildman–Crippen LogP) is 4.09. The maximum absolute atomic E-state index is 13.5. The second kappa shape index (κ2) is 27.7. The molecule has 1 saturated heterocycles. The summed E-state index contributed by atoms with van der Waals surface area (Å²) >= 11 is 1.00. The van der Waals surface area contributed by atoms with E-state index in [0.29, 0.717) is 43.3 Å². The fourth-order valence-corrected chi connectivity index (χ4v) is 7.11. The Kier molecular flexibility index (Phi) is 21.9. The highest BCUT2D eigenvalue weighted by Crippen LogP contribution is 2.39. The molecule has 5 atom stereocenters. The molecule has 1 N–H and O–H groups in total. The number of ether oxygens (including phenoxy) is 12. The van der Waals surface area contributed by atoms with Gasteiger partial charge in [0.05, 0.1) is 62.7 Å². The SMILES string of the molecule is CC(=O)OC[C@H]1O[C@@H](Oc2ccc(COC(=O)Oc3ccc([N+](=O)[O-])cc3)c3sc(C(=O)NCCOCCOCCOCCOCCN=[N+]=[N-])cc23)[C@H](OC(C)=O)[C@@H](OC(C)=O)[C@H]1OC(C)=O. The van der Waals surface area contributed by atoms with Gasteiger partial charge in [-0.2, -0.15) is 0 Å². The summed E-state index contributed by atoms with van der Waals surface area (Å²) in [6, 6.07) is 9.17. The highest BCUT2D eigenvalue weighted by Gasteiger charge is 2.53. The van der Waals surface area contributed by atoms with Crippen LogP contribution in [-0.2, 0) is 73.2 Å². The van der Waals surface area contributed by atoms with Crippen LogP contribution in [0.2, 0.25) is 0 Å². The molecule has 67 heavy (non-hydrogen) atoms. The molecule has 2 heterocycles. The second-order valence-corrected chi connectivity index (χ2v) is 14.9. The summed E-state index contributed by atoms with van der Waals surface area (Å²) in [4.78, 5) is 88.3. The molecule has 0 radical (unpaired) electrons. The van der Waals surface area contributed by atoms with Crippen molar-refractivity contribution >= 4 is 63.1 Å². The van der Waals surface area contributed by atoms with Gasteiger partial charge in [0.15, 0.2) is 12.2 Å². The van der Waals surface area contributed by atoms with Crippen LogP contribution in [0.25, 0.3) is 20.5 Å². The number of rotatable bonds is 27. The van der Waals surface area contributed by atoms with Crippen LogP contribution >= 0.6 is 11.3 Å². The summed E-state index contributed by atoms with van der Waals surface area (Å²) < 4.78 is 66.7. The van der Waals surface area contributed by atoms with Gasteiger partial charge < -0.3 is 62.2 Å². The van der Waals surface area contributed by atoms with Gasteiger partial charge in [0.2, 0.25) is 12.4 Å². The molecule has 0 bridgehead atoms. The predicted molar refractivity (Wildman–Crippen MR) is 228 cm³/mol. The maximum atomic E-state index is 13.5. The Morgan fingerprint density at radius 1 is 0.776 bits per heavy atom. The molecule has 2 aromatic carbocycles. The molecule has 1 aliphatic rings. The zero-order valence-electron chi connectivity index (χ0n) is 36.8. The van der Waals surface area contributed by atoms with Gasteiger partial charge in [-0.15, -0.1) is 11.3 Å². The van der Waals surface area contributed by atoms with E-state index in [-0.39, 0.29) is 67.0 Å². The van der Waals surface area contributed by atoms with Crippen LogP contribution in [0.1, 0.15) is 42.9 Å². The number of carbonyl (C=O) groups is 6. The lowest BCUT2D eigenvalue weighted by molar-refractivity contribution is -0.384. The third kappa shape index (κ3) is 17.9. The smallest absolute Gasteiger partial charge is 0.463 e. The highest BCUT2D eigenvalue weighted by molar-refractivity contribution is 7.21. The molecule has 0 saturated carbocycles. The Morgan fingerprint density at radius 2 is 1.37 bits per heavy atom. The van der Waals surface area contributed by atoms with Gasteiger partial charge in [-0.05, 0) is 29.8 Å². The molecule has 4 rings (SSSR count). The normalized spacial score (nSPS) is 17.6. The first kappa shape index (κ1) is 52.9. The van der Waals surface area contributed by atoms with E-state index in [1.54, 1.807) is 0 Å². The molecule has 0 spiro atoms. The largest absolute Gasteiger partial charge is 0.514 e. The maximum Gasteiger partial charge on any atom is 0.514 e. The van der Waals surface area contributed by atoms with E-state index in [1.807, 2.05) is 0 Å². The van der Waals surface area contributed by atoms with Crippen LogP contribution in [0.3, 0.4) is 0 Å². The van der Waals surface area contributed by atoms with Gasteiger partial charge in [0, 0.05) is 73.5 Å². The number of amides is 1. The first-order valence-electron chi connectivity index (χ1n) is 20.4. The van der Waals surface area contributed by atoms with Crippen LogP contribution in [0.4, 0.5) is 10.5 Å². The zero-order chi connectivity index (χ0) is 48.7. The number of non-ortho nitro benzene ring substituents is 1. The van der Waals surface area contributed by atoms with Crippen molar-refractivity contribution in [3.8, 4) is 11.5 Å². The first-order valence-corrected chi connectivity index (χ1v) is 21.2. The van der Waals surface area contributed by atoms with Gasteiger partial charge in [-0.1, -0.05) is 11.2 Å². The highest BCUT2D eigenvalue weighted by atomic mass is 32.1. The quantitative estimate of drug-likeness (QED) is 0.0129. The summed E-state index contributed by atoms with van der Waals surface area (Å²) in [6.07, 6.45) is -8.61. The monoisotopic (exact) mass is 963 g/mol. The van der Waals surface area contributed by atoms with Gasteiger partial charge in [-0.25, -0.2) is 4.79 Å². The summed E-state index contributed by atoms with van der Waals surface area (Å²) in [5.41, 5.74) is 8.40. The summed E-state index contributed by atoms with van der Waals surface area (Å²) in [7, 11) is 0. The number of azide groups is 1. The molecule has 25 nitrogen and oxygen atoms in total. The van der Waals surface area contributed by atoms with Crippen LogP contribution in [-0.4, -0.2) is 144 Å². The van der Waals surface area contributed by atoms with E-state index in [9.17, 15) is 38.9 Å². The summed E-state index contributed by atoms with van der Waals surface area (Å²) in [6.45, 7) is 6.11. The van der Waals surface area contributed by atoms with Crippen molar-refractivity contribution in [2.24, 2.45) is 5.11 Å². The fourth-order valence-electron chi connectivity index (χ4n) is 6.03. The molecule has 364 valence electrons. The molecular weight excluding hydrogens is 915 g/mol. The topological polar surface area (TPSA) is 317 Å². The van der Waals surface area contributed by atoms with Crippen molar-refractivity contribution in [2.45, 2.75) is 65.0 Å². The minimum Gasteiger partial charge on any atom is -0.463 e. The molecule has 3 aromatic rings. The second-order valence-electron chi connectivity index (χ2n) is 13.8. The molecule has 1 aromatic heterocycles. The van der Waals surface area contributed by atoms with Crippen LogP contribution in [0, 0.1) is 10.1 Å². The van der Waals surface area contributed by atoms with E-state index < -0.39 is 78.2 Å². The number of nitrogens with zero attached hydrogens (tertiary/aromatic N) is 4. The summed E-state index contributed by atoms with van der Waals surface area (Å²) in [5.74, 6) is -3.74. The van der Waals surface area contributed by atoms with E-state index in [0.717, 1.165) is 51.2 Å². The summed E-state index contributed by atoms with van der Waals surface area (Å²) in [5, 5.41) is 17.4. The Morgan fingerprint density at radius 3 is 1.97 bits per heavy atom. The van der Waals surface area contributed by atoms with Crippen molar-refractivity contribution in [3.63, 3.8) is 0 Å². The van der Waals surface area contributed by atoms with Crippen molar-refractivity contribution in [2.75, 3.05) is 72.6 Å². The van der Waals surface area contributed by atoms with Crippen LogP contribution in [0.5, 0.6) is 11.5 Å². The molecule has 0 aliphatic carbocycles. The third-order valence-electron chi connectivity index (χ3n) is 8.78. The van der Waals surface area contributed by atoms with Crippen LogP contribution in [0.15, 0.2) is 47.6 Å². The Bertz CT molecular complexity index is 2220. The molecule has 26 heteroatoms. The van der Waals surface area contributed by atoms with Crippen molar-refractivity contribution in [1.82, 2.24) is 5.32 Å². The molecule has 1 aliphatic heterocycles. The number of nitro groups is 1. The van der Waals surface area contributed by atoms with Gasteiger partial charge in [-0.3, -0.25) is 34.1 Å². The zero-order valence-corrected chi connectivity index (χ0v) is 37.6. The van der Waals surface area contributed by atoms with Gasteiger partial charge >= 0.3 is 30.0 Å². The molecular formula is C41H49N5O20S. The lowest BCUT2D eigenvalue weighted by Crippen LogP contribution is -2.63. The Balaban J connectivity index is 1.50. The minimum atomic E-state index is -1.62. The van der Waals surface area contributed by atoms with Crippen LogP contribution < -0.4 is 14.8 Å². The molecule has 1 fully saturated rings. The van der Waals surface area contributed by atoms with Crippen molar-refractivity contribution < 1.29 is 90.5 Å². The van der Waals surface area contributed by atoms with E-state index in [4.69, 9.17) is 62.4 Å². The lowest BCUT2D eigenvalue weighted by atomic mass is 9.98. The first-order chi connectivity index (χ1) is 32.2. The number of thiophene rings is 1. The fraction of sp³-hybridized carbons (Fsp3) is 0.512. The number of nitro benzene ring substituents is 1. The Hall–Kier alpha value is -6.67. The van der Waals surface area contributed by atoms with E-state index >= 15 is 0 Å². The standard InChI is InChI=1S/C41H49N5O20S/c1-24(47)59-23-33-35(61-25(2)48)36(62-26(3)49)37(63-27(4)50)40(66-33)65-32-10-5-28(22-60-41(52)64-30-8-6-29(7-9-30)46(53)54)38-31(32)21-34(67-38)39(51)43-11-13-55-15-17-57-19-20-58-18-16-56-14-12-44-45-42/h5-10,21,33,35-37,40H,11-20,22-23H2,1-4H3,(H,43,51)/t33-,35+,36+,37-,40-/m1/s1. The number of carbonyl (C=O) groups excluding carboxylic acids is 6. The lowest BCUT2D eigenvalue weighted by Gasteiger charge is -2.44. The molecule has 0 unspecified atom stereocenters. The number of hydrogen-bond donors (Lipinski definition) is 1. The van der Waals surface area contributed by atoms with Gasteiger partial charge in [0.25, 0.3) is 11.6 Å². The number of esters is 4.